The van der Waals surface area contributed by atoms with Crippen molar-refractivity contribution in [2.45, 2.75) is 32.2 Å². The van der Waals surface area contributed by atoms with E-state index in [0.717, 1.165) is 45.5 Å². The molecule has 0 aromatic carbocycles. The number of aliphatic hydroxyl groups excluding tert-OH is 1. The van der Waals surface area contributed by atoms with Gasteiger partial charge in [0.15, 0.2) is 0 Å². The van der Waals surface area contributed by atoms with Crippen LogP contribution in [0.4, 0.5) is 0 Å². The Labute approximate surface area is 119 Å². The highest BCUT2D eigenvalue weighted by Crippen LogP contribution is 2.34. The first-order valence-corrected chi connectivity index (χ1v) is 7.86. The third kappa shape index (κ3) is 4.24. The molecule has 1 atom stereocenters. The minimum absolute atomic E-state index is 0.0635. The molecule has 1 saturated heterocycles. The normalized spacial score (nSPS) is 24.7. The average Bonchev–Trinajstić information content (AvgIpc) is 2.92. The van der Waals surface area contributed by atoms with Gasteiger partial charge in [-0.25, -0.2) is 4.98 Å². The number of methoxy groups -OCH3 is 1. The first-order valence-electron chi connectivity index (χ1n) is 6.98. The molecule has 1 aliphatic heterocycles. The number of hydrogen-bond donors (Lipinski definition) is 1. The van der Waals surface area contributed by atoms with Crippen LogP contribution in [0.1, 0.15) is 30.7 Å². The maximum Gasteiger partial charge on any atom is 0.107 e. The van der Waals surface area contributed by atoms with Crippen molar-refractivity contribution < 1.29 is 9.84 Å². The van der Waals surface area contributed by atoms with Gasteiger partial charge < -0.3 is 9.84 Å². The number of thiazole rings is 1. The van der Waals surface area contributed by atoms with Crippen molar-refractivity contribution in [2.24, 2.45) is 5.41 Å². The topological polar surface area (TPSA) is 45.6 Å². The van der Waals surface area contributed by atoms with Gasteiger partial charge in [-0.05, 0) is 32.2 Å². The Balaban J connectivity index is 1.89. The Kier molecular flexibility index (Phi) is 5.76. The molecule has 0 unspecified atom stereocenters. The lowest BCUT2D eigenvalue weighted by molar-refractivity contribution is 0.0158. The van der Waals surface area contributed by atoms with Crippen molar-refractivity contribution >= 4 is 11.3 Å². The SMILES string of the molecule is COCCC[C@]1(CO)CCCN(Cc2nccs2)C1. The van der Waals surface area contributed by atoms with Crippen molar-refractivity contribution in [1.29, 1.82) is 0 Å². The van der Waals surface area contributed by atoms with E-state index < -0.39 is 0 Å². The van der Waals surface area contributed by atoms with E-state index in [9.17, 15) is 5.11 Å². The maximum absolute atomic E-state index is 9.80. The van der Waals surface area contributed by atoms with Crippen LogP contribution < -0.4 is 0 Å². The van der Waals surface area contributed by atoms with Gasteiger partial charge in [0.2, 0.25) is 0 Å². The number of aliphatic hydroxyl groups is 1. The molecular weight excluding hydrogens is 260 g/mol. The van der Waals surface area contributed by atoms with Gasteiger partial charge in [0.05, 0.1) is 6.54 Å². The minimum Gasteiger partial charge on any atom is -0.396 e. The second kappa shape index (κ2) is 7.33. The summed E-state index contributed by atoms with van der Waals surface area (Å²) >= 11 is 1.71. The second-order valence-electron chi connectivity index (χ2n) is 5.49. The standard InChI is InChI=1S/C14H24N2O2S/c1-18-8-3-5-14(12-17)4-2-7-16(11-14)10-13-15-6-9-19-13/h6,9,17H,2-5,7-8,10-12H2,1H3/t14-/m1/s1. The Hall–Kier alpha value is -0.490. The third-order valence-corrected chi connectivity index (χ3v) is 4.74. The summed E-state index contributed by atoms with van der Waals surface area (Å²) in [5.74, 6) is 0. The molecule has 1 aromatic heterocycles. The molecule has 0 amide bonds. The van der Waals surface area contributed by atoms with Gasteiger partial charge in [-0.15, -0.1) is 11.3 Å². The Morgan fingerprint density at radius 1 is 1.58 bits per heavy atom. The van der Waals surface area contributed by atoms with Gasteiger partial charge in [-0.2, -0.15) is 0 Å². The highest BCUT2D eigenvalue weighted by Gasteiger charge is 2.34. The number of likely N-dealkylation sites (tertiary alicyclic amines) is 1. The number of piperidine rings is 1. The molecular formula is C14H24N2O2S. The predicted octanol–water partition coefficient (Wildman–Crippen LogP) is 2.14. The molecule has 4 nitrogen and oxygen atoms in total. The summed E-state index contributed by atoms with van der Waals surface area (Å²) < 4.78 is 5.13. The van der Waals surface area contributed by atoms with Gasteiger partial charge in [0, 0.05) is 43.9 Å². The molecule has 1 aliphatic rings. The van der Waals surface area contributed by atoms with Crippen LogP contribution in [0.25, 0.3) is 0 Å². The van der Waals surface area contributed by atoms with E-state index in [4.69, 9.17) is 4.74 Å². The first-order chi connectivity index (χ1) is 9.28. The molecule has 0 spiro atoms. The Morgan fingerprint density at radius 2 is 2.47 bits per heavy atom. The van der Waals surface area contributed by atoms with Gasteiger partial charge in [-0.1, -0.05) is 0 Å². The lowest BCUT2D eigenvalue weighted by atomic mass is 9.77. The van der Waals surface area contributed by atoms with Crippen LogP contribution in [0.15, 0.2) is 11.6 Å². The third-order valence-electron chi connectivity index (χ3n) is 3.97. The summed E-state index contributed by atoms with van der Waals surface area (Å²) in [5, 5.41) is 13.0. The fraction of sp³-hybridized carbons (Fsp3) is 0.786. The van der Waals surface area contributed by atoms with Gasteiger partial charge in [0.25, 0.3) is 0 Å². The van der Waals surface area contributed by atoms with Crippen LogP contribution in [-0.4, -0.2) is 48.4 Å². The van der Waals surface area contributed by atoms with Crippen molar-refractivity contribution in [2.75, 3.05) is 33.4 Å². The van der Waals surface area contributed by atoms with Crippen LogP contribution in [0.5, 0.6) is 0 Å². The van der Waals surface area contributed by atoms with Crippen molar-refractivity contribution in [3.05, 3.63) is 16.6 Å². The molecule has 1 aromatic rings. The van der Waals surface area contributed by atoms with E-state index in [0.29, 0.717) is 0 Å². The minimum atomic E-state index is 0.0635. The van der Waals surface area contributed by atoms with E-state index >= 15 is 0 Å². The summed E-state index contributed by atoms with van der Waals surface area (Å²) in [7, 11) is 1.74. The fourth-order valence-corrected chi connectivity index (χ4v) is 3.63. The highest BCUT2D eigenvalue weighted by molar-refractivity contribution is 7.09. The van der Waals surface area contributed by atoms with Gasteiger partial charge in [-0.3, -0.25) is 4.90 Å². The molecule has 19 heavy (non-hydrogen) atoms. The molecule has 1 N–H and O–H groups in total. The summed E-state index contributed by atoms with van der Waals surface area (Å²) in [6.07, 6.45) is 6.23. The number of aromatic nitrogens is 1. The van der Waals surface area contributed by atoms with Crippen molar-refractivity contribution in [3.63, 3.8) is 0 Å². The smallest absolute Gasteiger partial charge is 0.107 e. The zero-order chi connectivity index (χ0) is 13.6. The molecule has 0 radical (unpaired) electrons. The number of rotatable bonds is 7. The van der Waals surface area contributed by atoms with E-state index in [1.807, 2.05) is 11.6 Å². The molecule has 0 aliphatic carbocycles. The fourth-order valence-electron chi connectivity index (χ4n) is 2.97. The van der Waals surface area contributed by atoms with E-state index in [1.165, 1.54) is 11.4 Å². The Morgan fingerprint density at radius 3 is 3.16 bits per heavy atom. The lowest BCUT2D eigenvalue weighted by Crippen LogP contribution is -2.45. The quantitative estimate of drug-likeness (QED) is 0.779. The summed E-state index contributed by atoms with van der Waals surface area (Å²) in [5.41, 5.74) is 0.0635. The zero-order valence-electron chi connectivity index (χ0n) is 11.7. The molecule has 108 valence electrons. The zero-order valence-corrected chi connectivity index (χ0v) is 12.5. The number of nitrogens with zero attached hydrogens (tertiary/aromatic N) is 2. The average molecular weight is 284 g/mol. The van der Waals surface area contributed by atoms with Crippen LogP contribution in [0.2, 0.25) is 0 Å². The molecule has 5 heteroatoms. The van der Waals surface area contributed by atoms with Crippen LogP contribution in [0, 0.1) is 5.41 Å². The van der Waals surface area contributed by atoms with E-state index in [1.54, 1.807) is 18.4 Å². The number of hydrogen-bond acceptors (Lipinski definition) is 5. The van der Waals surface area contributed by atoms with Gasteiger partial charge >= 0.3 is 0 Å². The first kappa shape index (κ1) is 14.9. The van der Waals surface area contributed by atoms with Crippen LogP contribution >= 0.6 is 11.3 Å². The summed E-state index contributed by atoms with van der Waals surface area (Å²) in [6.45, 7) is 4.08. The Bertz CT molecular complexity index is 358. The van der Waals surface area contributed by atoms with E-state index in [2.05, 4.69) is 9.88 Å². The van der Waals surface area contributed by atoms with E-state index in [-0.39, 0.29) is 12.0 Å². The highest BCUT2D eigenvalue weighted by atomic mass is 32.1. The van der Waals surface area contributed by atoms with Crippen LogP contribution in [-0.2, 0) is 11.3 Å². The monoisotopic (exact) mass is 284 g/mol. The molecule has 0 saturated carbocycles. The second-order valence-corrected chi connectivity index (χ2v) is 6.47. The van der Waals surface area contributed by atoms with Gasteiger partial charge in [0.1, 0.15) is 5.01 Å². The molecule has 1 fully saturated rings. The molecule has 2 heterocycles. The summed E-state index contributed by atoms with van der Waals surface area (Å²) in [4.78, 5) is 6.79. The van der Waals surface area contributed by atoms with Crippen molar-refractivity contribution in [1.82, 2.24) is 9.88 Å². The number of ether oxygens (including phenoxy) is 1. The molecule has 2 rings (SSSR count). The summed E-state index contributed by atoms with van der Waals surface area (Å²) in [6, 6.07) is 0. The lowest BCUT2D eigenvalue weighted by Gasteiger charge is -2.41. The predicted molar refractivity (Wildman–Crippen MR) is 77.3 cm³/mol. The van der Waals surface area contributed by atoms with Crippen LogP contribution in [0.3, 0.4) is 0 Å². The molecule has 0 bridgehead atoms. The largest absolute Gasteiger partial charge is 0.396 e. The maximum atomic E-state index is 9.80. The van der Waals surface area contributed by atoms with Crippen molar-refractivity contribution in [3.8, 4) is 0 Å².